The molecule has 1 aromatic carbocycles. The largest absolute Gasteiger partial charge is 0.330 e. The van der Waals surface area contributed by atoms with Gasteiger partial charge in [0.1, 0.15) is 5.52 Å². The van der Waals surface area contributed by atoms with E-state index in [1.807, 2.05) is 0 Å². The van der Waals surface area contributed by atoms with Crippen molar-refractivity contribution in [3.05, 3.63) is 58.6 Å². The molecule has 3 rings (SSSR count). The first kappa shape index (κ1) is 12.0. The highest BCUT2D eigenvalue weighted by Gasteiger charge is 2.13. The van der Waals surface area contributed by atoms with E-state index in [0.717, 1.165) is 11.6 Å². The molecule has 19 heavy (non-hydrogen) atoms. The van der Waals surface area contributed by atoms with Crippen LogP contribution in [-0.4, -0.2) is 14.5 Å². The van der Waals surface area contributed by atoms with Crippen molar-refractivity contribution in [3.63, 3.8) is 0 Å². The van der Waals surface area contributed by atoms with Crippen molar-refractivity contribution in [3.8, 4) is 0 Å². The van der Waals surface area contributed by atoms with Crippen molar-refractivity contribution in [1.82, 2.24) is 14.5 Å². The Kier molecular flexibility index (Phi) is 2.87. The first-order valence-electron chi connectivity index (χ1n) is 5.62. The minimum atomic E-state index is -0.890. The van der Waals surface area contributed by atoms with E-state index < -0.39 is 11.6 Å². The monoisotopic (exact) mass is 277 g/mol. The number of nitrogens with zero attached hydrogens (tertiary/aromatic N) is 2. The molecule has 0 radical (unpaired) electrons. The van der Waals surface area contributed by atoms with Crippen LogP contribution in [0.2, 0.25) is 0 Å². The van der Waals surface area contributed by atoms with Gasteiger partial charge in [0.05, 0.1) is 12.1 Å². The number of aromatic amines is 1. The number of benzene rings is 1. The molecule has 0 bridgehead atoms. The van der Waals surface area contributed by atoms with Crippen LogP contribution in [0.5, 0.6) is 0 Å². The molecule has 2 heterocycles. The SMILES string of the molecule is Fc1ccc2[nH]c(=S)n(Cc3ccncc3)c2c1F. The third kappa shape index (κ3) is 2.04. The molecule has 0 aliphatic heterocycles. The Morgan fingerprint density at radius 2 is 1.89 bits per heavy atom. The van der Waals surface area contributed by atoms with Crippen molar-refractivity contribution in [2.24, 2.45) is 0 Å². The van der Waals surface area contributed by atoms with E-state index in [0.29, 0.717) is 16.8 Å². The highest BCUT2D eigenvalue weighted by molar-refractivity contribution is 7.71. The minimum absolute atomic E-state index is 0.154. The smallest absolute Gasteiger partial charge is 0.184 e. The Balaban J connectivity index is 2.21. The van der Waals surface area contributed by atoms with Gasteiger partial charge in [0.15, 0.2) is 16.4 Å². The average Bonchev–Trinajstić information content (AvgIpc) is 2.73. The van der Waals surface area contributed by atoms with E-state index in [4.69, 9.17) is 12.2 Å². The zero-order chi connectivity index (χ0) is 13.4. The van der Waals surface area contributed by atoms with Crippen LogP contribution in [0.3, 0.4) is 0 Å². The van der Waals surface area contributed by atoms with Gasteiger partial charge in [-0.25, -0.2) is 8.78 Å². The lowest BCUT2D eigenvalue weighted by atomic mass is 10.2. The van der Waals surface area contributed by atoms with Gasteiger partial charge in [-0.15, -0.1) is 0 Å². The molecule has 0 saturated heterocycles. The standard InChI is InChI=1S/C13H9F2N3S/c14-9-1-2-10-12(11(9)15)18(13(19)17-10)7-8-3-5-16-6-4-8/h1-6H,7H2,(H,17,19). The highest BCUT2D eigenvalue weighted by atomic mass is 32.1. The molecule has 6 heteroatoms. The van der Waals surface area contributed by atoms with E-state index in [9.17, 15) is 8.78 Å². The maximum absolute atomic E-state index is 13.9. The van der Waals surface area contributed by atoms with Crippen molar-refractivity contribution >= 4 is 23.3 Å². The summed E-state index contributed by atoms with van der Waals surface area (Å²) in [6.45, 7) is 0.363. The number of imidazole rings is 1. The van der Waals surface area contributed by atoms with Gasteiger partial charge in [-0.3, -0.25) is 4.98 Å². The summed E-state index contributed by atoms with van der Waals surface area (Å²) in [5.74, 6) is -1.77. The van der Waals surface area contributed by atoms with E-state index in [1.54, 1.807) is 29.1 Å². The lowest BCUT2D eigenvalue weighted by Gasteiger charge is -2.05. The van der Waals surface area contributed by atoms with E-state index >= 15 is 0 Å². The zero-order valence-electron chi connectivity index (χ0n) is 9.73. The summed E-state index contributed by atoms with van der Waals surface area (Å²) in [4.78, 5) is 6.78. The van der Waals surface area contributed by atoms with Crippen LogP contribution >= 0.6 is 12.2 Å². The second-order valence-corrected chi connectivity index (χ2v) is 4.52. The zero-order valence-corrected chi connectivity index (χ0v) is 10.5. The normalized spacial score (nSPS) is 11.1. The van der Waals surface area contributed by atoms with Gasteiger partial charge in [-0.1, -0.05) is 0 Å². The molecular weight excluding hydrogens is 268 g/mol. The van der Waals surface area contributed by atoms with Gasteiger partial charge < -0.3 is 9.55 Å². The molecular formula is C13H9F2N3S. The van der Waals surface area contributed by atoms with Gasteiger partial charge in [-0.2, -0.15) is 0 Å². The number of rotatable bonds is 2. The Hall–Kier alpha value is -2.08. The van der Waals surface area contributed by atoms with Crippen LogP contribution in [0, 0.1) is 16.4 Å². The molecule has 0 spiro atoms. The first-order chi connectivity index (χ1) is 9.16. The van der Waals surface area contributed by atoms with E-state index in [1.165, 1.54) is 6.07 Å². The fourth-order valence-corrected chi connectivity index (χ4v) is 2.28. The Labute approximate surface area is 112 Å². The lowest BCUT2D eigenvalue weighted by Crippen LogP contribution is -2.02. The van der Waals surface area contributed by atoms with E-state index in [2.05, 4.69) is 9.97 Å². The second-order valence-electron chi connectivity index (χ2n) is 4.13. The Morgan fingerprint density at radius 3 is 2.63 bits per heavy atom. The molecule has 0 unspecified atom stereocenters. The molecule has 96 valence electrons. The van der Waals surface area contributed by atoms with Crippen LogP contribution in [0.25, 0.3) is 11.0 Å². The molecule has 0 amide bonds. The average molecular weight is 277 g/mol. The van der Waals surface area contributed by atoms with Gasteiger partial charge in [-0.05, 0) is 42.0 Å². The van der Waals surface area contributed by atoms with Crippen LogP contribution in [0.4, 0.5) is 8.78 Å². The number of fused-ring (bicyclic) bond motifs is 1. The third-order valence-electron chi connectivity index (χ3n) is 2.92. The number of halogens is 2. The van der Waals surface area contributed by atoms with E-state index in [-0.39, 0.29) is 5.52 Å². The topological polar surface area (TPSA) is 33.6 Å². The number of pyridine rings is 1. The molecule has 0 saturated carbocycles. The highest BCUT2D eigenvalue weighted by Crippen LogP contribution is 2.21. The van der Waals surface area contributed by atoms with Gasteiger partial charge in [0.2, 0.25) is 0 Å². The first-order valence-corrected chi connectivity index (χ1v) is 6.03. The quantitative estimate of drug-likeness (QED) is 0.728. The third-order valence-corrected chi connectivity index (χ3v) is 3.24. The number of nitrogens with one attached hydrogen (secondary N) is 1. The lowest BCUT2D eigenvalue weighted by molar-refractivity contribution is 0.512. The number of hydrogen-bond acceptors (Lipinski definition) is 2. The Morgan fingerprint density at radius 1 is 1.16 bits per heavy atom. The summed E-state index contributed by atoms with van der Waals surface area (Å²) in [7, 11) is 0. The number of H-pyrrole nitrogens is 1. The Bertz CT molecular complexity index is 793. The summed E-state index contributed by atoms with van der Waals surface area (Å²) in [6, 6.07) is 6.17. The number of hydrogen-bond donors (Lipinski definition) is 1. The van der Waals surface area contributed by atoms with Crippen LogP contribution in [0.15, 0.2) is 36.7 Å². The molecule has 0 fully saturated rings. The van der Waals surface area contributed by atoms with Crippen LogP contribution < -0.4 is 0 Å². The van der Waals surface area contributed by atoms with Crippen LogP contribution in [-0.2, 0) is 6.54 Å². The molecule has 1 N–H and O–H groups in total. The fourth-order valence-electron chi connectivity index (χ4n) is 2.01. The van der Waals surface area contributed by atoms with Crippen molar-refractivity contribution in [2.75, 3.05) is 0 Å². The summed E-state index contributed by atoms with van der Waals surface area (Å²) >= 11 is 5.16. The van der Waals surface area contributed by atoms with Crippen molar-refractivity contribution in [2.45, 2.75) is 6.54 Å². The maximum atomic E-state index is 13.9. The van der Waals surface area contributed by atoms with Crippen molar-refractivity contribution in [1.29, 1.82) is 0 Å². The molecule has 3 aromatic rings. The molecule has 0 atom stereocenters. The summed E-state index contributed by atoms with van der Waals surface area (Å²) in [6.07, 6.45) is 3.29. The second kappa shape index (κ2) is 4.55. The predicted octanol–water partition coefficient (Wildman–Crippen LogP) is 3.42. The molecule has 0 aliphatic carbocycles. The minimum Gasteiger partial charge on any atom is -0.330 e. The fraction of sp³-hybridized carbons (Fsp3) is 0.0769. The summed E-state index contributed by atoms with van der Waals surface area (Å²) in [5.41, 5.74) is 1.55. The van der Waals surface area contributed by atoms with Gasteiger partial charge >= 0.3 is 0 Å². The predicted molar refractivity (Wildman–Crippen MR) is 70.4 cm³/mol. The molecule has 2 aromatic heterocycles. The van der Waals surface area contributed by atoms with Crippen molar-refractivity contribution < 1.29 is 8.78 Å². The maximum Gasteiger partial charge on any atom is 0.184 e. The molecule has 3 nitrogen and oxygen atoms in total. The number of aromatic nitrogens is 3. The van der Waals surface area contributed by atoms with Crippen LogP contribution in [0.1, 0.15) is 5.56 Å². The molecule has 0 aliphatic rings. The van der Waals surface area contributed by atoms with Gasteiger partial charge in [0.25, 0.3) is 0 Å². The summed E-state index contributed by atoms with van der Waals surface area (Å²) < 4.78 is 29.1. The van der Waals surface area contributed by atoms with Gasteiger partial charge in [0, 0.05) is 12.4 Å². The summed E-state index contributed by atoms with van der Waals surface area (Å²) in [5, 5.41) is 0.